The molecule has 6 nitrogen and oxygen atoms in total. The van der Waals surface area contributed by atoms with Crippen LogP contribution in [0.4, 0.5) is 5.82 Å². The molecule has 0 bridgehead atoms. The molecule has 2 heterocycles. The van der Waals surface area contributed by atoms with Gasteiger partial charge in [0.1, 0.15) is 26.3 Å². The van der Waals surface area contributed by atoms with Gasteiger partial charge in [-0.25, -0.2) is 18.4 Å². The van der Waals surface area contributed by atoms with Gasteiger partial charge in [-0.1, -0.05) is 0 Å². The minimum Gasteiger partial charge on any atom is -0.383 e. The summed E-state index contributed by atoms with van der Waals surface area (Å²) in [5, 5.41) is 0.931. The second-order valence-corrected chi connectivity index (χ2v) is 8.82. The Bertz CT molecular complexity index is 768. The van der Waals surface area contributed by atoms with Gasteiger partial charge >= 0.3 is 0 Å². The van der Waals surface area contributed by atoms with E-state index < -0.39 is 9.84 Å². The summed E-state index contributed by atoms with van der Waals surface area (Å²) in [7, 11) is -1.11. The fourth-order valence-corrected chi connectivity index (χ4v) is 3.74. The van der Waals surface area contributed by atoms with Crippen molar-refractivity contribution in [3.63, 3.8) is 0 Å². The molecule has 2 N–H and O–H groups in total. The molecule has 0 aliphatic heterocycles. The normalized spacial score (nSPS) is 12.4. The molecule has 0 aliphatic carbocycles. The number of anilines is 1. The van der Waals surface area contributed by atoms with Gasteiger partial charge in [0.2, 0.25) is 0 Å². The van der Waals surface area contributed by atoms with Crippen molar-refractivity contribution in [2.45, 2.75) is 20.4 Å². The lowest BCUT2D eigenvalue weighted by atomic mass is 10.2. The van der Waals surface area contributed by atoms with Crippen molar-refractivity contribution in [3.8, 4) is 0 Å². The zero-order valence-electron chi connectivity index (χ0n) is 12.7. The molecule has 0 radical (unpaired) electrons. The Hall–Kier alpha value is -1.25. The Morgan fingerprint density at radius 1 is 1.29 bits per heavy atom. The molecule has 0 saturated carbocycles. The first-order chi connectivity index (χ1) is 9.67. The molecule has 0 fully saturated rings. The largest absolute Gasteiger partial charge is 0.383 e. The van der Waals surface area contributed by atoms with Crippen LogP contribution in [-0.2, 0) is 16.4 Å². The number of hydrogen-bond donors (Lipinski definition) is 1. The van der Waals surface area contributed by atoms with Crippen LogP contribution in [0.25, 0.3) is 10.2 Å². The maximum absolute atomic E-state index is 11.2. The Morgan fingerprint density at radius 3 is 2.57 bits per heavy atom. The van der Waals surface area contributed by atoms with E-state index in [0.29, 0.717) is 24.7 Å². The van der Waals surface area contributed by atoms with Crippen molar-refractivity contribution < 1.29 is 8.42 Å². The predicted octanol–water partition coefficient (Wildman–Crippen LogP) is 1.37. The second-order valence-electron chi connectivity index (χ2n) is 5.36. The van der Waals surface area contributed by atoms with Gasteiger partial charge in [-0.3, -0.25) is 4.90 Å². The quantitative estimate of drug-likeness (QED) is 0.891. The molecule has 0 amide bonds. The van der Waals surface area contributed by atoms with Crippen LogP contribution >= 0.6 is 11.3 Å². The molecule has 116 valence electrons. The summed E-state index contributed by atoms with van der Waals surface area (Å²) >= 11 is 1.61. The first-order valence-electron chi connectivity index (χ1n) is 6.55. The SMILES string of the molecule is Cc1sc2nc(CN(C)CCS(C)(=O)=O)nc(N)c2c1C. The summed E-state index contributed by atoms with van der Waals surface area (Å²) in [5.74, 6) is 1.24. The number of aromatic nitrogens is 2. The van der Waals surface area contributed by atoms with E-state index in [-0.39, 0.29) is 5.75 Å². The lowest BCUT2D eigenvalue weighted by molar-refractivity contribution is 0.337. The van der Waals surface area contributed by atoms with E-state index >= 15 is 0 Å². The fraction of sp³-hybridized carbons (Fsp3) is 0.538. The molecule has 0 atom stereocenters. The summed E-state index contributed by atoms with van der Waals surface area (Å²) in [4.78, 5) is 12.8. The highest BCUT2D eigenvalue weighted by atomic mass is 32.2. The number of fused-ring (bicyclic) bond motifs is 1. The Labute approximate surface area is 128 Å². The highest BCUT2D eigenvalue weighted by Gasteiger charge is 2.14. The van der Waals surface area contributed by atoms with Gasteiger partial charge in [-0.2, -0.15) is 0 Å². The van der Waals surface area contributed by atoms with Crippen LogP contribution in [0.1, 0.15) is 16.3 Å². The topological polar surface area (TPSA) is 89.2 Å². The number of hydrogen-bond acceptors (Lipinski definition) is 7. The Morgan fingerprint density at radius 2 is 1.95 bits per heavy atom. The van der Waals surface area contributed by atoms with Gasteiger partial charge in [0, 0.05) is 17.7 Å². The lowest BCUT2D eigenvalue weighted by Crippen LogP contribution is -2.25. The monoisotopic (exact) mass is 328 g/mol. The minimum atomic E-state index is -2.96. The number of thiophene rings is 1. The van der Waals surface area contributed by atoms with Crippen molar-refractivity contribution in [2.24, 2.45) is 0 Å². The van der Waals surface area contributed by atoms with E-state index in [1.165, 1.54) is 11.1 Å². The van der Waals surface area contributed by atoms with Gasteiger partial charge in [0.25, 0.3) is 0 Å². The maximum Gasteiger partial charge on any atom is 0.148 e. The molecule has 0 aliphatic rings. The molecular weight excluding hydrogens is 308 g/mol. The lowest BCUT2D eigenvalue weighted by Gasteiger charge is -2.15. The van der Waals surface area contributed by atoms with Crippen molar-refractivity contribution in [1.82, 2.24) is 14.9 Å². The van der Waals surface area contributed by atoms with Crippen LogP contribution in [0.15, 0.2) is 0 Å². The minimum absolute atomic E-state index is 0.123. The Kier molecular flexibility index (Phi) is 4.50. The predicted molar refractivity (Wildman–Crippen MR) is 87.3 cm³/mol. The third kappa shape index (κ3) is 3.90. The highest BCUT2D eigenvalue weighted by molar-refractivity contribution is 7.90. The third-order valence-electron chi connectivity index (χ3n) is 3.36. The standard InChI is InChI=1S/C13H20N4O2S2/c1-8-9(2)20-13-11(8)12(14)15-10(16-13)7-17(3)5-6-21(4,18)19/h5-7H2,1-4H3,(H2,14,15,16). The number of sulfone groups is 1. The van der Waals surface area contributed by atoms with Crippen molar-refractivity contribution >= 4 is 37.2 Å². The zero-order chi connectivity index (χ0) is 15.8. The van der Waals surface area contributed by atoms with Crippen molar-refractivity contribution in [2.75, 3.05) is 31.3 Å². The van der Waals surface area contributed by atoms with E-state index in [0.717, 1.165) is 15.8 Å². The average Bonchev–Trinajstić information content (AvgIpc) is 2.62. The fourth-order valence-electron chi connectivity index (χ4n) is 2.04. The van der Waals surface area contributed by atoms with Gasteiger partial charge in [-0.15, -0.1) is 11.3 Å². The molecule has 0 spiro atoms. The van der Waals surface area contributed by atoms with Crippen LogP contribution < -0.4 is 5.73 Å². The molecule has 0 unspecified atom stereocenters. The molecule has 8 heteroatoms. The van der Waals surface area contributed by atoms with Gasteiger partial charge in [0.15, 0.2) is 0 Å². The third-order valence-corrected chi connectivity index (χ3v) is 5.38. The van der Waals surface area contributed by atoms with Gasteiger partial charge in [-0.05, 0) is 26.5 Å². The van der Waals surface area contributed by atoms with E-state index in [2.05, 4.69) is 9.97 Å². The number of aryl methyl sites for hydroxylation is 2. The average molecular weight is 328 g/mol. The molecule has 21 heavy (non-hydrogen) atoms. The van der Waals surface area contributed by atoms with E-state index in [4.69, 9.17) is 5.73 Å². The highest BCUT2D eigenvalue weighted by Crippen LogP contribution is 2.31. The number of rotatable bonds is 5. The first-order valence-corrected chi connectivity index (χ1v) is 9.43. The number of nitrogens with two attached hydrogens (primary N) is 1. The van der Waals surface area contributed by atoms with E-state index in [1.54, 1.807) is 11.3 Å². The molecule has 2 rings (SSSR count). The van der Waals surface area contributed by atoms with Gasteiger partial charge in [0.05, 0.1) is 17.7 Å². The van der Waals surface area contributed by atoms with Crippen LogP contribution in [0, 0.1) is 13.8 Å². The van der Waals surface area contributed by atoms with Crippen LogP contribution in [0.5, 0.6) is 0 Å². The van der Waals surface area contributed by atoms with Crippen LogP contribution in [0.3, 0.4) is 0 Å². The first kappa shape index (κ1) is 16.1. The Balaban J connectivity index is 2.19. The van der Waals surface area contributed by atoms with Crippen LogP contribution in [0.2, 0.25) is 0 Å². The molecule has 0 aromatic carbocycles. The van der Waals surface area contributed by atoms with Gasteiger partial charge < -0.3 is 5.73 Å². The molecular formula is C13H20N4O2S2. The summed E-state index contributed by atoms with van der Waals surface area (Å²) < 4.78 is 22.4. The van der Waals surface area contributed by atoms with E-state index in [1.807, 2.05) is 25.8 Å². The summed E-state index contributed by atoms with van der Waals surface area (Å²) in [6.45, 7) is 4.99. The molecule has 2 aromatic heterocycles. The van der Waals surface area contributed by atoms with Crippen molar-refractivity contribution in [1.29, 1.82) is 0 Å². The summed E-state index contributed by atoms with van der Waals surface area (Å²) in [6, 6.07) is 0. The summed E-state index contributed by atoms with van der Waals surface area (Å²) in [5.41, 5.74) is 7.16. The maximum atomic E-state index is 11.2. The van der Waals surface area contributed by atoms with Crippen molar-refractivity contribution in [3.05, 3.63) is 16.3 Å². The van der Waals surface area contributed by atoms with E-state index in [9.17, 15) is 8.42 Å². The van der Waals surface area contributed by atoms with Crippen LogP contribution in [-0.4, -0.2) is 48.9 Å². The number of nitrogens with zero attached hydrogens (tertiary/aromatic N) is 3. The summed E-state index contributed by atoms with van der Waals surface area (Å²) in [6.07, 6.45) is 1.23. The number of nitrogen functional groups attached to an aromatic ring is 1. The molecule has 0 saturated heterocycles. The second kappa shape index (κ2) is 5.86. The molecule has 2 aromatic rings. The zero-order valence-corrected chi connectivity index (χ0v) is 14.3. The smallest absolute Gasteiger partial charge is 0.148 e.